The van der Waals surface area contributed by atoms with Gasteiger partial charge >= 0.3 is 5.97 Å². The van der Waals surface area contributed by atoms with E-state index in [0.29, 0.717) is 34.0 Å². The van der Waals surface area contributed by atoms with E-state index in [1.807, 2.05) is 0 Å². The number of aromatic nitrogens is 1. The Labute approximate surface area is 197 Å². The molecular formula is C22H20F2N2O5S2. The van der Waals surface area contributed by atoms with Crippen LogP contribution in [0.2, 0.25) is 0 Å². The quantitative estimate of drug-likeness (QED) is 0.321. The van der Waals surface area contributed by atoms with Gasteiger partial charge in [0.25, 0.3) is 11.7 Å². The van der Waals surface area contributed by atoms with Crippen LogP contribution in [0.1, 0.15) is 15.4 Å². The molecule has 0 radical (unpaired) electrons. The van der Waals surface area contributed by atoms with E-state index in [2.05, 4.69) is 10.3 Å². The molecule has 0 atom stereocenters. The Hall–Kier alpha value is -3.18. The molecule has 3 aromatic rings. The van der Waals surface area contributed by atoms with Crippen LogP contribution >= 0.6 is 23.1 Å². The lowest BCUT2D eigenvalue weighted by Gasteiger charge is -2.10. The second-order valence-electron chi connectivity index (χ2n) is 6.50. The Kier molecular flexibility index (Phi) is 8.23. The summed E-state index contributed by atoms with van der Waals surface area (Å²) in [6.07, 6.45) is 0. The molecule has 11 heteroatoms. The van der Waals surface area contributed by atoms with Gasteiger partial charge in [-0.1, -0.05) is 23.9 Å². The third-order valence-electron chi connectivity index (χ3n) is 4.32. The molecule has 0 bridgehead atoms. The van der Waals surface area contributed by atoms with Crippen molar-refractivity contribution in [2.45, 2.75) is 17.6 Å². The highest BCUT2D eigenvalue weighted by molar-refractivity contribution is 7.99. The van der Waals surface area contributed by atoms with Gasteiger partial charge in [-0.3, -0.25) is 4.79 Å². The number of methoxy groups -OCH3 is 2. The lowest BCUT2D eigenvalue weighted by Crippen LogP contribution is -2.21. The van der Waals surface area contributed by atoms with Gasteiger partial charge < -0.3 is 19.5 Å². The summed E-state index contributed by atoms with van der Waals surface area (Å²) in [5, 5.41) is 3.06. The molecule has 1 aromatic heterocycles. The van der Waals surface area contributed by atoms with Gasteiger partial charge in [-0.25, -0.2) is 9.78 Å². The maximum Gasteiger partial charge on any atom is 0.350 e. The van der Waals surface area contributed by atoms with Gasteiger partial charge in [0, 0.05) is 10.5 Å². The fourth-order valence-electron chi connectivity index (χ4n) is 2.83. The fraction of sp³-hybridized carbons (Fsp3) is 0.227. The van der Waals surface area contributed by atoms with Crippen LogP contribution in [0.25, 0.3) is 10.6 Å². The fourth-order valence-corrected chi connectivity index (χ4v) is 4.38. The minimum atomic E-state index is -2.63. The topological polar surface area (TPSA) is 86.8 Å². The van der Waals surface area contributed by atoms with Gasteiger partial charge in [-0.05, 0) is 37.3 Å². The number of thiazole rings is 1. The molecule has 3 rings (SSSR count). The number of amides is 1. The van der Waals surface area contributed by atoms with Crippen molar-refractivity contribution in [2.75, 3.05) is 26.1 Å². The van der Waals surface area contributed by atoms with E-state index in [-0.39, 0.29) is 15.5 Å². The number of aryl methyl sites for hydroxylation is 1. The number of hydrogen-bond acceptors (Lipinski definition) is 8. The highest BCUT2D eigenvalue weighted by Gasteiger charge is 2.20. The van der Waals surface area contributed by atoms with E-state index >= 15 is 0 Å². The molecule has 33 heavy (non-hydrogen) atoms. The van der Waals surface area contributed by atoms with Gasteiger partial charge in [0.05, 0.1) is 25.6 Å². The van der Waals surface area contributed by atoms with E-state index in [1.165, 1.54) is 26.4 Å². The predicted molar refractivity (Wildman–Crippen MR) is 123 cm³/mol. The van der Waals surface area contributed by atoms with Crippen LogP contribution in [0.3, 0.4) is 0 Å². The number of carbonyl (C=O) groups is 2. The summed E-state index contributed by atoms with van der Waals surface area (Å²) in [5.41, 5.74) is 1.40. The average molecular weight is 495 g/mol. The Balaban J connectivity index is 1.66. The van der Waals surface area contributed by atoms with E-state index in [0.717, 1.165) is 16.9 Å². The van der Waals surface area contributed by atoms with Crippen LogP contribution in [0.4, 0.5) is 14.5 Å². The number of benzene rings is 2. The predicted octanol–water partition coefficient (Wildman–Crippen LogP) is 5.25. The first-order valence-corrected chi connectivity index (χ1v) is 11.2. The molecule has 1 N–H and O–H groups in total. The van der Waals surface area contributed by atoms with Crippen molar-refractivity contribution in [3.63, 3.8) is 0 Å². The number of ether oxygens (including phenoxy) is 3. The summed E-state index contributed by atoms with van der Waals surface area (Å²) in [5.74, 6) is -2.90. The molecule has 174 valence electrons. The van der Waals surface area contributed by atoms with Crippen molar-refractivity contribution in [1.29, 1.82) is 0 Å². The zero-order valence-electron chi connectivity index (χ0n) is 17.9. The van der Waals surface area contributed by atoms with Crippen LogP contribution in [-0.4, -0.2) is 43.4 Å². The zero-order valence-corrected chi connectivity index (χ0v) is 19.5. The monoisotopic (exact) mass is 494 g/mol. The van der Waals surface area contributed by atoms with Gasteiger partial charge in [0.2, 0.25) is 0 Å². The van der Waals surface area contributed by atoms with E-state index in [1.54, 1.807) is 37.3 Å². The number of anilines is 1. The minimum Gasteiger partial charge on any atom is -0.493 e. The van der Waals surface area contributed by atoms with Gasteiger partial charge in [0.1, 0.15) is 9.88 Å². The maximum atomic E-state index is 12.7. The van der Waals surface area contributed by atoms with Gasteiger partial charge in [-0.15, -0.1) is 11.3 Å². The van der Waals surface area contributed by atoms with Crippen molar-refractivity contribution in [1.82, 2.24) is 4.98 Å². The first kappa shape index (κ1) is 24.5. The lowest BCUT2D eigenvalue weighted by atomic mass is 10.2. The van der Waals surface area contributed by atoms with Crippen LogP contribution in [0, 0.1) is 6.92 Å². The second-order valence-corrected chi connectivity index (χ2v) is 8.53. The Morgan fingerprint density at radius 3 is 2.55 bits per heavy atom. The highest BCUT2D eigenvalue weighted by atomic mass is 32.2. The molecule has 0 saturated heterocycles. The molecule has 0 aliphatic rings. The molecule has 1 heterocycles. The standard InChI is InChI=1S/C22H20F2N2O5S2/c1-12-19(33-20(25-12)13-8-9-15(29-2)16(10-13)30-3)21(28)31-11-18(27)26-14-6-4-5-7-17(14)32-22(23)24/h4-10,22H,11H2,1-3H3,(H,26,27). The molecule has 0 spiro atoms. The molecule has 2 aromatic carbocycles. The number of rotatable bonds is 9. The molecule has 0 unspecified atom stereocenters. The number of hydrogen-bond donors (Lipinski definition) is 1. The van der Waals surface area contributed by atoms with Gasteiger partial charge in [-0.2, -0.15) is 8.78 Å². The minimum absolute atomic E-state index is 0.213. The number of carbonyl (C=O) groups excluding carboxylic acids is 2. The summed E-state index contributed by atoms with van der Waals surface area (Å²) in [6, 6.07) is 11.4. The summed E-state index contributed by atoms with van der Waals surface area (Å²) < 4.78 is 41.0. The van der Waals surface area contributed by atoms with E-state index < -0.39 is 24.2 Å². The van der Waals surface area contributed by atoms with Crippen molar-refractivity contribution < 1.29 is 32.6 Å². The van der Waals surface area contributed by atoms with E-state index in [9.17, 15) is 18.4 Å². The third-order valence-corrected chi connectivity index (χ3v) is 6.30. The SMILES string of the molecule is COc1ccc(-c2nc(C)c(C(=O)OCC(=O)Nc3ccccc3SC(F)F)s2)cc1OC. The second kappa shape index (κ2) is 11.1. The molecule has 0 saturated carbocycles. The summed E-state index contributed by atoms with van der Waals surface area (Å²) >= 11 is 1.43. The molecule has 0 aliphatic carbocycles. The number of nitrogens with one attached hydrogen (secondary N) is 1. The first-order valence-electron chi connectivity index (χ1n) is 9.53. The highest BCUT2D eigenvalue weighted by Crippen LogP contribution is 2.35. The van der Waals surface area contributed by atoms with Crippen molar-refractivity contribution in [3.8, 4) is 22.1 Å². The molecule has 7 nitrogen and oxygen atoms in total. The Morgan fingerprint density at radius 2 is 1.85 bits per heavy atom. The van der Waals surface area contributed by atoms with Crippen molar-refractivity contribution in [3.05, 3.63) is 53.0 Å². The summed E-state index contributed by atoms with van der Waals surface area (Å²) in [6.45, 7) is 1.09. The summed E-state index contributed by atoms with van der Waals surface area (Å²) in [7, 11) is 3.05. The largest absolute Gasteiger partial charge is 0.493 e. The smallest absolute Gasteiger partial charge is 0.350 e. The number of esters is 1. The number of alkyl halides is 2. The zero-order chi connectivity index (χ0) is 24.0. The average Bonchev–Trinajstić information content (AvgIpc) is 3.19. The van der Waals surface area contributed by atoms with Crippen LogP contribution in [0.5, 0.6) is 11.5 Å². The number of halogens is 2. The molecule has 1 amide bonds. The Bertz CT molecular complexity index is 1150. The number of nitrogens with zero attached hydrogens (tertiary/aromatic N) is 1. The van der Waals surface area contributed by atoms with Crippen molar-refractivity contribution >= 4 is 40.7 Å². The van der Waals surface area contributed by atoms with Crippen LogP contribution in [-0.2, 0) is 9.53 Å². The maximum absolute atomic E-state index is 12.7. The lowest BCUT2D eigenvalue weighted by molar-refractivity contribution is -0.119. The van der Waals surface area contributed by atoms with Crippen LogP contribution < -0.4 is 14.8 Å². The van der Waals surface area contributed by atoms with E-state index in [4.69, 9.17) is 14.2 Å². The summed E-state index contributed by atoms with van der Waals surface area (Å²) in [4.78, 5) is 29.6. The van der Waals surface area contributed by atoms with Crippen molar-refractivity contribution in [2.24, 2.45) is 0 Å². The Morgan fingerprint density at radius 1 is 1.12 bits per heavy atom. The first-order chi connectivity index (χ1) is 15.8. The molecule has 0 fully saturated rings. The molecular weight excluding hydrogens is 474 g/mol. The van der Waals surface area contributed by atoms with Crippen LogP contribution in [0.15, 0.2) is 47.4 Å². The van der Waals surface area contributed by atoms with Gasteiger partial charge in [0.15, 0.2) is 18.1 Å². The number of para-hydroxylation sites is 1. The third kappa shape index (κ3) is 6.20. The normalized spacial score (nSPS) is 10.7. The molecule has 0 aliphatic heterocycles. The number of thioether (sulfide) groups is 1.